The van der Waals surface area contributed by atoms with Crippen LogP contribution in [0.15, 0.2) is 22.7 Å². The van der Waals surface area contributed by atoms with E-state index in [2.05, 4.69) is 41.1 Å². The van der Waals surface area contributed by atoms with E-state index in [4.69, 9.17) is 18.0 Å². The summed E-state index contributed by atoms with van der Waals surface area (Å²) in [6, 6.07) is 6.32. The summed E-state index contributed by atoms with van der Waals surface area (Å²) in [5.41, 5.74) is 7.95. The van der Waals surface area contributed by atoms with E-state index in [0.717, 1.165) is 17.3 Å². The second-order valence-electron chi connectivity index (χ2n) is 3.05. The van der Waals surface area contributed by atoms with Crippen molar-refractivity contribution in [3.05, 3.63) is 33.8 Å². The van der Waals surface area contributed by atoms with Crippen LogP contribution >= 0.6 is 28.1 Å². The fourth-order valence-electron chi connectivity index (χ4n) is 1.06. The second kappa shape index (κ2) is 4.72. The fourth-order valence-corrected chi connectivity index (χ4v) is 1.59. The Morgan fingerprint density at radius 3 is 2.77 bits per heavy atom. The van der Waals surface area contributed by atoms with E-state index >= 15 is 0 Å². The van der Waals surface area contributed by atoms with Gasteiger partial charge in [0.05, 0.1) is 4.99 Å². The quantitative estimate of drug-likeness (QED) is 0.843. The zero-order valence-electron chi connectivity index (χ0n) is 7.51. The summed E-state index contributed by atoms with van der Waals surface area (Å²) in [6.07, 6.45) is 1.71. The molecule has 0 aliphatic rings. The predicted octanol–water partition coefficient (Wildman–Crippen LogP) is 2.98. The number of rotatable bonds is 3. The van der Waals surface area contributed by atoms with E-state index < -0.39 is 0 Å². The van der Waals surface area contributed by atoms with Crippen molar-refractivity contribution in [3.8, 4) is 0 Å². The summed E-state index contributed by atoms with van der Waals surface area (Å²) in [5, 5.41) is 0. The Labute approximate surface area is 92.5 Å². The van der Waals surface area contributed by atoms with Crippen LogP contribution in [0.4, 0.5) is 0 Å². The molecule has 3 heteroatoms. The van der Waals surface area contributed by atoms with E-state index in [1.165, 1.54) is 11.1 Å². The molecule has 13 heavy (non-hydrogen) atoms. The molecule has 1 rings (SSSR count). The molecule has 0 bridgehead atoms. The molecule has 1 nitrogen and oxygen atoms in total. The van der Waals surface area contributed by atoms with Gasteiger partial charge in [-0.1, -0.05) is 40.3 Å². The Bertz CT molecular complexity index is 323. The molecular formula is C10H12BrNS. The number of benzene rings is 1. The Hall–Kier alpha value is -0.410. The zero-order chi connectivity index (χ0) is 9.84. The second-order valence-corrected chi connectivity index (χ2v) is 4.43. The van der Waals surface area contributed by atoms with Gasteiger partial charge in [-0.2, -0.15) is 0 Å². The van der Waals surface area contributed by atoms with Crippen LogP contribution in [-0.2, 0) is 6.42 Å². The van der Waals surface area contributed by atoms with Crippen LogP contribution in [0.1, 0.15) is 17.5 Å². The molecule has 0 spiro atoms. The van der Waals surface area contributed by atoms with Crippen LogP contribution in [0, 0.1) is 6.92 Å². The van der Waals surface area contributed by atoms with Crippen LogP contribution in [0.2, 0.25) is 0 Å². The van der Waals surface area contributed by atoms with Crippen molar-refractivity contribution in [2.45, 2.75) is 19.8 Å². The monoisotopic (exact) mass is 257 g/mol. The first-order valence-corrected chi connectivity index (χ1v) is 5.33. The topological polar surface area (TPSA) is 26.0 Å². The highest BCUT2D eigenvalue weighted by Gasteiger charge is 1.98. The molecule has 1 aromatic carbocycles. The van der Waals surface area contributed by atoms with E-state index in [1.807, 2.05) is 0 Å². The van der Waals surface area contributed by atoms with Gasteiger partial charge in [0.25, 0.3) is 0 Å². The van der Waals surface area contributed by atoms with Gasteiger partial charge in [-0.05, 0) is 30.5 Å². The highest BCUT2D eigenvalue weighted by Crippen LogP contribution is 2.18. The number of thiocarbonyl (C=S) groups is 1. The van der Waals surface area contributed by atoms with Crippen molar-refractivity contribution in [3.63, 3.8) is 0 Å². The van der Waals surface area contributed by atoms with Crippen molar-refractivity contribution >= 4 is 33.1 Å². The van der Waals surface area contributed by atoms with Gasteiger partial charge in [0.15, 0.2) is 0 Å². The summed E-state index contributed by atoms with van der Waals surface area (Å²) in [4.78, 5) is 0.580. The first kappa shape index (κ1) is 10.7. The SMILES string of the molecule is Cc1ccc(CCC(N)=S)cc1Br. The molecule has 0 aromatic heterocycles. The average molecular weight is 258 g/mol. The Morgan fingerprint density at radius 1 is 1.54 bits per heavy atom. The molecule has 0 heterocycles. The summed E-state index contributed by atoms with van der Waals surface area (Å²) in [5.74, 6) is 0. The van der Waals surface area contributed by atoms with E-state index in [0.29, 0.717) is 4.99 Å². The van der Waals surface area contributed by atoms with E-state index in [9.17, 15) is 0 Å². The molecular weight excluding hydrogens is 246 g/mol. The molecule has 0 atom stereocenters. The number of nitrogens with two attached hydrogens (primary N) is 1. The molecule has 1 aromatic rings. The highest BCUT2D eigenvalue weighted by atomic mass is 79.9. The van der Waals surface area contributed by atoms with Crippen LogP contribution in [0.25, 0.3) is 0 Å². The van der Waals surface area contributed by atoms with Crippen molar-refractivity contribution in [1.82, 2.24) is 0 Å². The average Bonchev–Trinajstić information content (AvgIpc) is 2.07. The van der Waals surface area contributed by atoms with Crippen LogP contribution < -0.4 is 5.73 Å². The summed E-state index contributed by atoms with van der Waals surface area (Å²) in [7, 11) is 0. The smallest absolute Gasteiger partial charge is 0.0730 e. The largest absolute Gasteiger partial charge is 0.393 e. The normalized spacial score (nSPS) is 10.0. The van der Waals surface area contributed by atoms with E-state index in [-0.39, 0.29) is 0 Å². The lowest BCUT2D eigenvalue weighted by Crippen LogP contribution is -2.08. The molecule has 0 saturated heterocycles. The molecule has 0 aliphatic heterocycles. The van der Waals surface area contributed by atoms with Crippen molar-refractivity contribution in [2.24, 2.45) is 5.73 Å². The van der Waals surface area contributed by atoms with Gasteiger partial charge in [-0.3, -0.25) is 0 Å². The fraction of sp³-hybridized carbons (Fsp3) is 0.300. The van der Waals surface area contributed by atoms with Gasteiger partial charge in [0, 0.05) is 10.9 Å². The van der Waals surface area contributed by atoms with Gasteiger partial charge in [-0.25, -0.2) is 0 Å². The van der Waals surface area contributed by atoms with Gasteiger partial charge in [-0.15, -0.1) is 0 Å². The van der Waals surface area contributed by atoms with Gasteiger partial charge in [0.2, 0.25) is 0 Å². The molecule has 0 aliphatic carbocycles. The van der Waals surface area contributed by atoms with Crippen molar-refractivity contribution in [1.29, 1.82) is 0 Å². The van der Waals surface area contributed by atoms with Gasteiger partial charge >= 0.3 is 0 Å². The van der Waals surface area contributed by atoms with Crippen LogP contribution in [-0.4, -0.2) is 4.99 Å². The Kier molecular flexibility index (Phi) is 3.88. The maximum absolute atomic E-state index is 5.43. The summed E-state index contributed by atoms with van der Waals surface area (Å²) >= 11 is 8.31. The molecule has 0 saturated carbocycles. The molecule has 0 fully saturated rings. The zero-order valence-corrected chi connectivity index (χ0v) is 9.91. The summed E-state index contributed by atoms with van der Waals surface area (Å²) < 4.78 is 1.15. The number of hydrogen-bond donors (Lipinski definition) is 1. The third-order valence-corrected chi connectivity index (χ3v) is 2.95. The molecule has 0 amide bonds. The van der Waals surface area contributed by atoms with Gasteiger partial charge < -0.3 is 5.73 Å². The number of hydrogen-bond acceptors (Lipinski definition) is 1. The lowest BCUT2D eigenvalue weighted by molar-refractivity contribution is 1.04. The highest BCUT2D eigenvalue weighted by molar-refractivity contribution is 9.10. The lowest BCUT2D eigenvalue weighted by Gasteiger charge is -2.03. The number of aryl methyl sites for hydroxylation is 2. The van der Waals surface area contributed by atoms with E-state index in [1.54, 1.807) is 0 Å². The lowest BCUT2D eigenvalue weighted by atomic mass is 10.1. The Balaban J connectivity index is 2.68. The number of halogens is 1. The molecule has 0 unspecified atom stereocenters. The van der Waals surface area contributed by atoms with Crippen molar-refractivity contribution < 1.29 is 0 Å². The molecule has 0 radical (unpaired) electrons. The minimum Gasteiger partial charge on any atom is -0.393 e. The first-order valence-electron chi connectivity index (χ1n) is 4.13. The molecule has 70 valence electrons. The minimum atomic E-state index is 0.580. The Morgan fingerprint density at radius 2 is 2.23 bits per heavy atom. The predicted molar refractivity (Wildman–Crippen MR) is 64.0 cm³/mol. The molecule has 2 N–H and O–H groups in total. The van der Waals surface area contributed by atoms with Crippen LogP contribution in [0.5, 0.6) is 0 Å². The standard InChI is InChI=1S/C10H12BrNS/c1-7-2-3-8(6-9(7)11)4-5-10(12)13/h2-3,6H,4-5H2,1H3,(H2,12,13). The third kappa shape index (κ3) is 3.44. The van der Waals surface area contributed by atoms with Crippen LogP contribution in [0.3, 0.4) is 0 Å². The minimum absolute atomic E-state index is 0.580. The maximum Gasteiger partial charge on any atom is 0.0730 e. The maximum atomic E-state index is 5.43. The first-order chi connectivity index (χ1) is 6.09. The van der Waals surface area contributed by atoms with Crippen molar-refractivity contribution in [2.75, 3.05) is 0 Å². The third-order valence-electron chi connectivity index (χ3n) is 1.90. The summed E-state index contributed by atoms with van der Waals surface area (Å²) in [6.45, 7) is 2.07. The van der Waals surface area contributed by atoms with Gasteiger partial charge in [0.1, 0.15) is 0 Å².